The van der Waals surface area contributed by atoms with Gasteiger partial charge in [-0.2, -0.15) is 15.0 Å². The second kappa shape index (κ2) is 8.26. The van der Waals surface area contributed by atoms with Gasteiger partial charge in [0, 0.05) is 24.5 Å². The molecule has 0 spiro atoms. The number of nitrogens with zero attached hydrogens (tertiary/aromatic N) is 5. The van der Waals surface area contributed by atoms with E-state index in [1.165, 1.54) is 21.4 Å². The molecule has 1 aliphatic heterocycles. The zero-order valence-corrected chi connectivity index (χ0v) is 17.5. The van der Waals surface area contributed by atoms with E-state index in [1.54, 1.807) is 41.8 Å². The maximum Gasteiger partial charge on any atom is 0.282 e. The summed E-state index contributed by atoms with van der Waals surface area (Å²) in [6.45, 7) is 2.65. The van der Waals surface area contributed by atoms with Crippen molar-refractivity contribution in [1.29, 1.82) is 5.26 Å². The molecule has 1 aliphatic rings. The smallest absolute Gasteiger partial charge is 0.282 e. The highest BCUT2D eigenvalue weighted by atomic mass is 32.1. The zero-order chi connectivity index (χ0) is 21.2. The first kappa shape index (κ1) is 19.4. The Labute approximate surface area is 183 Å². The van der Waals surface area contributed by atoms with Crippen molar-refractivity contribution < 1.29 is 0 Å². The number of aromatic nitrogens is 2. The van der Waals surface area contributed by atoms with Crippen LogP contribution in [0.1, 0.15) is 27.1 Å². The Bertz CT molecular complexity index is 1360. The first-order chi connectivity index (χ1) is 15.2. The molecule has 2 aromatic carbocycles. The van der Waals surface area contributed by atoms with E-state index >= 15 is 0 Å². The van der Waals surface area contributed by atoms with Crippen LogP contribution < -0.4 is 5.56 Å². The standard InChI is InChI=1S/C24H19N5OS/c25-12-17-6-8-18(9-7-17)13-27-29-16-26-23-22(24(29)30)20-10-11-28(15-21(20)31-23)14-19-4-2-1-3-5-19/h1-9,13,16H,10-11,14-15H2/b27-13+. The summed E-state index contributed by atoms with van der Waals surface area (Å²) in [4.78, 5) is 22.0. The average molecular weight is 426 g/mol. The predicted octanol–water partition coefficient (Wildman–Crippen LogP) is 3.77. The Morgan fingerprint density at radius 2 is 1.97 bits per heavy atom. The van der Waals surface area contributed by atoms with Crippen molar-refractivity contribution >= 4 is 27.8 Å². The lowest BCUT2D eigenvalue weighted by molar-refractivity contribution is 0.249. The Kier molecular flexibility index (Phi) is 5.16. The van der Waals surface area contributed by atoms with Crippen molar-refractivity contribution in [2.45, 2.75) is 19.5 Å². The molecule has 0 fully saturated rings. The van der Waals surface area contributed by atoms with E-state index in [-0.39, 0.29) is 5.56 Å². The molecular formula is C24H19N5OS. The lowest BCUT2D eigenvalue weighted by Crippen LogP contribution is -2.29. The predicted molar refractivity (Wildman–Crippen MR) is 122 cm³/mol. The van der Waals surface area contributed by atoms with Gasteiger partial charge in [-0.25, -0.2) is 4.98 Å². The molecule has 0 bridgehead atoms. The van der Waals surface area contributed by atoms with Crippen LogP contribution in [0.25, 0.3) is 10.2 Å². The zero-order valence-electron chi connectivity index (χ0n) is 16.7. The van der Waals surface area contributed by atoms with Gasteiger partial charge in [-0.3, -0.25) is 9.69 Å². The van der Waals surface area contributed by atoms with Gasteiger partial charge in [0.2, 0.25) is 0 Å². The molecule has 3 heterocycles. The van der Waals surface area contributed by atoms with Crippen LogP contribution in [0.4, 0.5) is 0 Å². The summed E-state index contributed by atoms with van der Waals surface area (Å²) in [5, 5.41) is 13.9. The number of fused-ring (bicyclic) bond motifs is 3. The second-order valence-corrected chi connectivity index (χ2v) is 8.59. The Balaban J connectivity index is 1.41. The minimum Gasteiger partial charge on any atom is -0.294 e. The Hall–Kier alpha value is -3.60. The number of hydrogen-bond donors (Lipinski definition) is 0. The average Bonchev–Trinajstić information content (AvgIpc) is 3.18. The third-order valence-electron chi connectivity index (χ3n) is 5.44. The van der Waals surface area contributed by atoms with E-state index in [1.807, 2.05) is 6.07 Å². The lowest BCUT2D eigenvalue weighted by Gasteiger charge is -2.26. The quantitative estimate of drug-likeness (QED) is 0.467. The molecule has 0 saturated heterocycles. The lowest BCUT2D eigenvalue weighted by atomic mass is 10.0. The van der Waals surface area contributed by atoms with Crippen LogP contribution in [0.2, 0.25) is 0 Å². The topological polar surface area (TPSA) is 74.3 Å². The van der Waals surface area contributed by atoms with Crippen LogP contribution in [0, 0.1) is 11.3 Å². The fourth-order valence-corrected chi connectivity index (χ4v) is 5.08. The highest BCUT2D eigenvalue weighted by Gasteiger charge is 2.23. The van der Waals surface area contributed by atoms with Gasteiger partial charge in [0.25, 0.3) is 5.56 Å². The van der Waals surface area contributed by atoms with Crippen LogP contribution in [0.3, 0.4) is 0 Å². The van der Waals surface area contributed by atoms with Crippen molar-refractivity contribution in [2.75, 3.05) is 6.54 Å². The molecule has 0 radical (unpaired) electrons. The van der Waals surface area contributed by atoms with Gasteiger partial charge in [0.05, 0.1) is 23.2 Å². The van der Waals surface area contributed by atoms with Crippen molar-refractivity contribution in [3.05, 3.63) is 98.4 Å². The normalized spacial score (nSPS) is 14.0. The van der Waals surface area contributed by atoms with Crippen molar-refractivity contribution in [1.82, 2.24) is 14.6 Å². The van der Waals surface area contributed by atoms with Crippen LogP contribution in [-0.2, 0) is 19.5 Å². The molecule has 31 heavy (non-hydrogen) atoms. The van der Waals surface area contributed by atoms with Crippen LogP contribution >= 0.6 is 11.3 Å². The van der Waals surface area contributed by atoms with E-state index in [4.69, 9.17) is 5.26 Å². The maximum atomic E-state index is 13.1. The molecule has 0 amide bonds. The summed E-state index contributed by atoms with van der Waals surface area (Å²) in [7, 11) is 0. The molecule has 152 valence electrons. The van der Waals surface area contributed by atoms with E-state index < -0.39 is 0 Å². The van der Waals surface area contributed by atoms with E-state index in [9.17, 15) is 4.79 Å². The van der Waals surface area contributed by atoms with Gasteiger partial charge < -0.3 is 0 Å². The van der Waals surface area contributed by atoms with Crippen LogP contribution in [0.15, 0.2) is 70.8 Å². The first-order valence-electron chi connectivity index (χ1n) is 10.0. The molecule has 7 heteroatoms. The third-order valence-corrected chi connectivity index (χ3v) is 6.57. The van der Waals surface area contributed by atoms with Gasteiger partial charge in [-0.05, 0) is 35.2 Å². The highest BCUT2D eigenvalue weighted by molar-refractivity contribution is 7.18. The number of nitriles is 1. The molecule has 6 nitrogen and oxygen atoms in total. The molecule has 4 aromatic rings. The summed E-state index contributed by atoms with van der Waals surface area (Å²) in [6, 6.07) is 19.6. The number of benzene rings is 2. The summed E-state index contributed by atoms with van der Waals surface area (Å²) in [5.41, 5.74) is 3.68. The largest absolute Gasteiger partial charge is 0.294 e. The number of hydrogen-bond acceptors (Lipinski definition) is 6. The van der Waals surface area contributed by atoms with Gasteiger partial charge in [0.15, 0.2) is 0 Å². The molecule has 5 rings (SSSR count). The highest BCUT2D eigenvalue weighted by Crippen LogP contribution is 2.32. The number of thiophene rings is 1. The molecular weight excluding hydrogens is 406 g/mol. The van der Waals surface area contributed by atoms with E-state index in [2.05, 4.69) is 45.3 Å². The molecule has 0 atom stereocenters. The molecule has 0 N–H and O–H groups in total. The van der Waals surface area contributed by atoms with Gasteiger partial charge in [-0.15, -0.1) is 11.3 Å². The SMILES string of the molecule is N#Cc1ccc(/C=N/n2cnc3sc4c(c3c2=O)CCN(Cc2ccccc2)C4)cc1. The van der Waals surface area contributed by atoms with Gasteiger partial charge in [-0.1, -0.05) is 42.5 Å². The fourth-order valence-electron chi connectivity index (χ4n) is 3.86. The Morgan fingerprint density at radius 3 is 2.74 bits per heavy atom. The number of rotatable bonds is 4. The fraction of sp³-hybridized carbons (Fsp3) is 0.167. The molecule has 0 saturated carbocycles. The monoisotopic (exact) mass is 425 g/mol. The summed E-state index contributed by atoms with van der Waals surface area (Å²) in [6.07, 6.45) is 3.92. The van der Waals surface area contributed by atoms with Crippen LogP contribution in [-0.4, -0.2) is 27.3 Å². The van der Waals surface area contributed by atoms with Crippen LogP contribution in [0.5, 0.6) is 0 Å². The van der Waals surface area contributed by atoms with Crippen molar-refractivity contribution in [3.63, 3.8) is 0 Å². The minimum absolute atomic E-state index is 0.135. The maximum absolute atomic E-state index is 13.1. The Morgan fingerprint density at radius 1 is 1.16 bits per heavy atom. The van der Waals surface area contributed by atoms with E-state index in [0.29, 0.717) is 10.9 Å². The summed E-state index contributed by atoms with van der Waals surface area (Å²) in [5.74, 6) is 0. The molecule has 2 aromatic heterocycles. The van der Waals surface area contributed by atoms with Crippen molar-refractivity contribution in [2.24, 2.45) is 5.10 Å². The van der Waals surface area contributed by atoms with E-state index in [0.717, 1.165) is 42.0 Å². The van der Waals surface area contributed by atoms with Gasteiger partial charge >= 0.3 is 0 Å². The molecule has 0 unspecified atom stereocenters. The third kappa shape index (κ3) is 3.91. The molecule has 0 aliphatic carbocycles. The van der Waals surface area contributed by atoms with Crippen molar-refractivity contribution in [3.8, 4) is 6.07 Å². The summed E-state index contributed by atoms with van der Waals surface area (Å²) < 4.78 is 1.30. The summed E-state index contributed by atoms with van der Waals surface area (Å²) >= 11 is 1.61. The van der Waals surface area contributed by atoms with Gasteiger partial charge in [0.1, 0.15) is 11.2 Å². The minimum atomic E-state index is -0.135. The first-order valence-corrected chi connectivity index (χ1v) is 10.9. The second-order valence-electron chi connectivity index (χ2n) is 7.50.